The fraction of sp³-hybridized carbons (Fsp3) is 0.500. The quantitative estimate of drug-likeness (QED) is 0.297. The van der Waals surface area contributed by atoms with Crippen LogP contribution in [0.2, 0.25) is 0 Å². The number of hydrogen-bond donors (Lipinski definition) is 1. The summed E-state index contributed by atoms with van der Waals surface area (Å²) in [5.74, 6) is -0.564. The Morgan fingerprint density at radius 1 is 1.00 bits per heavy atom. The monoisotopic (exact) mass is 625 g/mol. The van der Waals surface area contributed by atoms with Crippen LogP contribution >= 0.6 is 12.2 Å². The molecule has 1 atom stereocenters. The molecule has 5 rings (SSSR count). The molecule has 2 aromatic carbocycles. The first-order valence-electron chi connectivity index (χ1n) is 15.3. The zero-order valence-electron chi connectivity index (χ0n) is 25.1. The molecule has 0 bridgehead atoms. The molecule has 3 aliphatic rings. The molecule has 0 unspecified atom stereocenters. The summed E-state index contributed by atoms with van der Waals surface area (Å²) in [6.45, 7) is 8.62. The lowest BCUT2D eigenvalue weighted by molar-refractivity contribution is -0.131. The summed E-state index contributed by atoms with van der Waals surface area (Å²) in [7, 11) is 0. The highest BCUT2D eigenvalue weighted by Crippen LogP contribution is 2.28. The summed E-state index contributed by atoms with van der Waals surface area (Å²) in [5.41, 5.74) is 2.62. The van der Waals surface area contributed by atoms with Gasteiger partial charge in [-0.25, -0.2) is 9.18 Å². The molecular formula is C32H40FN5O5S. The highest BCUT2D eigenvalue weighted by atomic mass is 32.1. The minimum Gasteiger partial charge on any atom is -0.442 e. The first-order valence-corrected chi connectivity index (χ1v) is 15.7. The van der Waals surface area contributed by atoms with Crippen molar-refractivity contribution in [3.63, 3.8) is 0 Å². The summed E-state index contributed by atoms with van der Waals surface area (Å²) < 4.78 is 26.0. The fourth-order valence-corrected chi connectivity index (χ4v) is 5.73. The molecule has 0 aromatic heterocycles. The molecule has 2 aromatic rings. The third kappa shape index (κ3) is 8.10. The number of nitrogens with one attached hydrogen (secondary N) is 1. The Labute approximate surface area is 263 Å². The Balaban J connectivity index is 1.06. The van der Waals surface area contributed by atoms with E-state index in [0.29, 0.717) is 67.6 Å². The average molecular weight is 626 g/mol. The summed E-state index contributed by atoms with van der Waals surface area (Å²) >= 11 is 5.16. The van der Waals surface area contributed by atoms with Gasteiger partial charge < -0.3 is 24.6 Å². The summed E-state index contributed by atoms with van der Waals surface area (Å²) in [6.07, 6.45) is 0.114. The standard InChI is InChI=1S/C32H40FN5O5S/c1-2-30(44)34-20-26-22-38(32(41)43-26)25-7-8-28(27(33)19-25)36-11-13-37(14-12-36)31(40)10-9-29(39)24-5-3-23(4-6-24)21-35-15-17-42-18-16-35/h3-8,19,26H,2,9-18,20-22H2,1H3,(H,34,44)/t26-/m0/s1. The van der Waals surface area contributed by atoms with Crippen LogP contribution in [0, 0.1) is 5.82 Å². The van der Waals surface area contributed by atoms with E-state index in [1.807, 2.05) is 36.1 Å². The van der Waals surface area contributed by atoms with Crippen LogP contribution in [0.5, 0.6) is 0 Å². The summed E-state index contributed by atoms with van der Waals surface area (Å²) in [5, 5.41) is 3.07. The predicted octanol–water partition coefficient (Wildman–Crippen LogP) is 3.62. The molecule has 3 aliphatic heterocycles. The predicted molar refractivity (Wildman–Crippen MR) is 170 cm³/mol. The van der Waals surface area contributed by atoms with Crippen LogP contribution in [0.15, 0.2) is 42.5 Å². The van der Waals surface area contributed by atoms with Crippen LogP contribution in [-0.4, -0.2) is 104 Å². The lowest BCUT2D eigenvalue weighted by Gasteiger charge is -2.36. The van der Waals surface area contributed by atoms with Crippen molar-refractivity contribution in [1.82, 2.24) is 15.1 Å². The molecule has 3 heterocycles. The molecule has 0 radical (unpaired) electrons. The number of carbonyl (C=O) groups excluding carboxylic acids is 3. The van der Waals surface area contributed by atoms with Crippen molar-refractivity contribution in [2.45, 2.75) is 38.8 Å². The van der Waals surface area contributed by atoms with Crippen molar-refractivity contribution in [1.29, 1.82) is 0 Å². The fourth-order valence-electron chi connectivity index (χ4n) is 5.64. The molecular weight excluding hydrogens is 585 g/mol. The van der Waals surface area contributed by atoms with Gasteiger partial charge in [0.25, 0.3) is 0 Å². The number of morpholine rings is 1. The number of piperazine rings is 1. The van der Waals surface area contributed by atoms with E-state index in [0.717, 1.165) is 38.4 Å². The van der Waals surface area contributed by atoms with Gasteiger partial charge in [-0.15, -0.1) is 0 Å². The molecule has 0 spiro atoms. The van der Waals surface area contributed by atoms with E-state index in [4.69, 9.17) is 21.7 Å². The van der Waals surface area contributed by atoms with Crippen LogP contribution in [0.25, 0.3) is 0 Å². The van der Waals surface area contributed by atoms with E-state index in [1.165, 1.54) is 11.0 Å². The van der Waals surface area contributed by atoms with Crippen molar-refractivity contribution in [2.75, 3.05) is 75.4 Å². The number of nitrogens with zero attached hydrogens (tertiary/aromatic N) is 4. The maximum Gasteiger partial charge on any atom is 0.414 e. The SMILES string of the molecule is CCC(=S)NC[C@H]1CN(c2ccc(N3CCN(C(=O)CCC(=O)c4ccc(CN5CCOCC5)cc4)CC3)c(F)c2)C(=O)O1. The van der Waals surface area contributed by atoms with Gasteiger partial charge in [0.15, 0.2) is 5.78 Å². The number of benzene rings is 2. The largest absolute Gasteiger partial charge is 0.442 e. The van der Waals surface area contributed by atoms with Crippen LogP contribution < -0.4 is 15.1 Å². The molecule has 12 heteroatoms. The number of ketones is 1. The Hall–Kier alpha value is -3.61. The van der Waals surface area contributed by atoms with Gasteiger partial charge in [-0.3, -0.25) is 19.4 Å². The van der Waals surface area contributed by atoms with Gasteiger partial charge in [-0.2, -0.15) is 0 Å². The highest BCUT2D eigenvalue weighted by Gasteiger charge is 2.33. The number of amides is 2. The maximum absolute atomic E-state index is 15.2. The van der Waals surface area contributed by atoms with Crippen LogP contribution in [-0.2, 0) is 20.8 Å². The molecule has 10 nitrogen and oxygen atoms in total. The van der Waals surface area contributed by atoms with Gasteiger partial charge in [0, 0.05) is 64.2 Å². The van der Waals surface area contributed by atoms with Gasteiger partial charge in [0.1, 0.15) is 11.9 Å². The Bertz CT molecular complexity index is 1350. The number of halogens is 1. The third-order valence-electron chi connectivity index (χ3n) is 8.29. The van der Waals surface area contributed by atoms with Gasteiger partial charge in [-0.1, -0.05) is 43.4 Å². The Morgan fingerprint density at radius 2 is 1.73 bits per heavy atom. The molecule has 0 saturated carbocycles. The summed E-state index contributed by atoms with van der Waals surface area (Å²) in [4.78, 5) is 46.1. The van der Waals surface area contributed by atoms with E-state index in [9.17, 15) is 14.4 Å². The van der Waals surface area contributed by atoms with E-state index in [2.05, 4.69) is 10.2 Å². The van der Waals surface area contributed by atoms with Crippen LogP contribution in [0.1, 0.15) is 42.1 Å². The van der Waals surface area contributed by atoms with E-state index in [1.54, 1.807) is 17.0 Å². The smallest absolute Gasteiger partial charge is 0.414 e. The number of ether oxygens (including phenoxy) is 2. The van der Waals surface area contributed by atoms with Gasteiger partial charge in [0.05, 0.1) is 42.7 Å². The van der Waals surface area contributed by atoms with Crippen molar-refractivity contribution in [3.05, 3.63) is 59.4 Å². The van der Waals surface area contributed by atoms with Crippen LogP contribution in [0.3, 0.4) is 0 Å². The zero-order valence-corrected chi connectivity index (χ0v) is 26.0. The van der Waals surface area contributed by atoms with E-state index >= 15 is 4.39 Å². The molecule has 44 heavy (non-hydrogen) atoms. The molecule has 1 N–H and O–H groups in total. The second kappa shape index (κ2) is 14.9. The number of carbonyl (C=O) groups is 3. The average Bonchev–Trinajstić information content (AvgIpc) is 3.43. The third-order valence-corrected chi connectivity index (χ3v) is 8.72. The van der Waals surface area contributed by atoms with Crippen LogP contribution in [0.4, 0.5) is 20.6 Å². The van der Waals surface area contributed by atoms with Gasteiger partial charge >= 0.3 is 6.09 Å². The highest BCUT2D eigenvalue weighted by molar-refractivity contribution is 7.80. The number of Topliss-reactive ketones (excluding diaryl/α,β-unsaturated/α-hetero) is 1. The van der Waals surface area contributed by atoms with E-state index < -0.39 is 11.9 Å². The Morgan fingerprint density at radius 3 is 2.41 bits per heavy atom. The van der Waals surface area contributed by atoms with Crippen molar-refractivity contribution in [2.24, 2.45) is 0 Å². The number of hydrogen-bond acceptors (Lipinski definition) is 8. The van der Waals surface area contributed by atoms with Crippen molar-refractivity contribution < 1.29 is 28.2 Å². The minimum atomic E-state index is -0.516. The van der Waals surface area contributed by atoms with Gasteiger partial charge in [-0.05, 0) is 30.2 Å². The maximum atomic E-state index is 15.2. The lowest BCUT2D eigenvalue weighted by Crippen LogP contribution is -2.49. The second-order valence-corrected chi connectivity index (χ2v) is 11.8. The topological polar surface area (TPSA) is 94.7 Å². The molecule has 3 saturated heterocycles. The first-order chi connectivity index (χ1) is 21.3. The van der Waals surface area contributed by atoms with Crippen molar-refractivity contribution >= 4 is 46.4 Å². The van der Waals surface area contributed by atoms with E-state index in [-0.39, 0.29) is 30.6 Å². The number of thiocarbonyl (C=S) groups is 1. The number of cyclic esters (lactones) is 1. The minimum absolute atomic E-state index is 0.0500. The molecule has 236 valence electrons. The lowest BCUT2D eigenvalue weighted by atomic mass is 10.0. The summed E-state index contributed by atoms with van der Waals surface area (Å²) in [6, 6.07) is 12.4. The zero-order chi connectivity index (χ0) is 31.1. The van der Waals surface area contributed by atoms with Crippen molar-refractivity contribution in [3.8, 4) is 0 Å². The number of anilines is 2. The first kappa shape index (κ1) is 31.8. The Kier molecular flexibility index (Phi) is 10.8. The van der Waals surface area contributed by atoms with Gasteiger partial charge in [0.2, 0.25) is 5.91 Å². The molecule has 0 aliphatic carbocycles. The molecule has 2 amide bonds. The normalized spacial score (nSPS) is 19.2. The second-order valence-electron chi connectivity index (χ2n) is 11.3. The molecule has 3 fully saturated rings. The number of rotatable bonds is 11.